The molecule has 0 amide bonds. The fourth-order valence-corrected chi connectivity index (χ4v) is 3.54. The first-order valence-electron chi connectivity index (χ1n) is 6.11. The zero-order valence-corrected chi connectivity index (χ0v) is 11.5. The Bertz CT molecular complexity index is 431. The Hall–Kier alpha value is -0.910. The summed E-state index contributed by atoms with van der Waals surface area (Å²) in [4.78, 5) is 0.222. The van der Waals surface area contributed by atoms with Crippen LogP contribution < -0.4 is 5.32 Å². The summed E-state index contributed by atoms with van der Waals surface area (Å²) in [5.41, 5.74) is 0. The van der Waals surface area contributed by atoms with Crippen molar-refractivity contribution in [1.29, 1.82) is 0 Å². The van der Waals surface area contributed by atoms with Gasteiger partial charge in [-0.05, 0) is 32.4 Å². The maximum absolute atomic E-state index is 12.1. The van der Waals surface area contributed by atoms with Crippen LogP contribution in [0.3, 0.4) is 0 Å². The number of hydrogen-bond acceptors (Lipinski definition) is 4. The molecule has 0 radical (unpaired) electrons. The monoisotopic (exact) mass is 271 g/mol. The predicted octanol–water partition coefficient (Wildman–Crippen LogP) is 1.16. The highest BCUT2D eigenvalue weighted by Crippen LogP contribution is 2.16. The fraction of sp³-hybridized carbons (Fsp3) is 0.538. The largest absolute Gasteiger partial charge is 0.390 e. The van der Waals surface area contributed by atoms with Crippen molar-refractivity contribution in [2.24, 2.45) is 0 Å². The summed E-state index contributed by atoms with van der Waals surface area (Å²) in [6.07, 6.45) is 7.07. The molecule has 2 atom stereocenters. The molecule has 0 aromatic heterocycles. The van der Waals surface area contributed by atoms with Gasteiger partial charge in [-0.3, -0.25) is 0 Å². The summed E-state index contributed by atoms with van der Waals surface area (Å²) in [5, 5.41) is 13.1. The van der Waals surface area contributed by atoms with Gasteiger partial charge in [0.2, 0.25) is 0 Å². The fourth-order valence-electron chi connectivity index (χ4n) is 2.02. The van der Waals surface area contributed by atoms with E-state index in [-0.39, 0.29) is 16.7 Å². The molecule has 0 aromatic carbocycles. The summed E-state index contributed by atoms with van der Waals surface area (Å²) >= 11 is 0. The van der Waals surface area contributed by atoms with Crippen molar-refractivity contribution in [2.45, 2.75) is 31.9 Å². The number of aliphatic hydroxyl groups is 1. The number of sulfone groups is 1. The summed E-state index contributed by atoms with van der Waals surface area (Å²) in [6.45, 7) is 6.01. The minimum absolute atomic E-state index is 0.110. The van der Waals surface area contributed by atoms with Crippen LogP contribution in [0, 0.1) is 0 Å². The van der Waals surface area contributed by atoms with Crippen molar-refractivity contribution in [3.05, 3.63) is 35.8 Å². The van der Waals surface area contributed by atoms with E-state index >= 15 is 0 Å². The van der Waals surface area contributed by atoms with E-state index in [0.717, 1.165) is 19.4 Å². The number of nitrogens with one attached hydrogen (secondary N) is 1. The maximum Gasteiger partial charge on any atom is 0.180 e. The zero-order chi connectivity index (χ0) is 13.6. The molecule has 0 saturated carbocycles. The van der Waals surface area contributed by atoms with Gasteiger partial charge in [0.15, 0.2) is 9.84 Å². The van der Waals surface area contributed by atoms with Crippen LogP contribution in [0.4, 0.5) is 0 Å². The third kappa shape index (κ3) is 4.08. The van der Waals surface area contributed by atoms with Gasteiger partial charge in [0.1, 0.15) is 0 Å². The Labute approximate surface area is 109 Å². The van der Waals surface area contributed by atoms with Gasteiger partial charge in [0.05, 0.1) is 16.8 Å². The summed E-state index contributed by atoms with van der Waals surface area (Å²) < 4.78 is 24.2. The first kappa shape index (κ1) is 15.1. The number of aliphatic hydroxyl groups excluding tert-OH is 1. The van der Waals surface area contributed by atoms with Crippen molar-refractivity contribution in [1.82, 2.24) is 5.32 Å². The maximum atomic E-state index is 12.1. The van der Waals surface area contributed by atoms with Crippen LogP contribution >= 0.6 is 0 Å². The molecule has 0 aromatic rings. The number of allylic oxidation sites excluding steroid dienone is 4. The first-order valence-corrected chi connectivity index (χ1v) is 7.76. The molecule has 1 saturated heterocycles. The molecule has 18 heavy (non-hydrogen) atoms. The van der Waals surface area contributed by atoms with E-state index in [1.165, 1.54) is 18.2 Å². The van der Waals surface area contributed by atoms with E-state index in [1.54, 1.807) is 13.0 Å². The van der Waals surface area contributed by atoms with Crippen LogP contribution in [-0.4, -0.2) is 38.0 Å². The molecule has 0 aliphatic carbocycles. The SMILES string of the molecule is C=C/C=C\C(=C/C)S(=O)(=O)C[C@@H](O)[C@@H]1CCCN1. The van der Waals surface area contributed by atoms with Crippen LogP contribution in [-0.2, 0) is 9.84 Å². The molecule has 1 rings (SSSR count). The predicted molar refractivity (Wildman–Crippen MR) is 73.9 cm³/mol. The Morgan fingerprint density at radius 3 is 2.83 bits per heavy atom. The highest BCUT2D eigenvalue weighted by molar-refractivity contribution is 7.95. The molecule has 0 spiro atoms. The van der Waals surface area contributed by atoms with Crippen LogP contribution in [0.5, 0.6) is 0 Å². The number of hydrogen-bond donors (Lipinski definition) is 2. The van der Waals surface area contributed by atoms with Gasteiger partial charge in [-0.15, -0.1) is 0 Å². The molecule has 0 bridgehead atoms. The average Bonchev–Trinajstić information content (AvgIpc) is 2.82. The van der Waals surface area contributed by atoms with E-state index in [0.29, 0.717) is 0 Å². The first-order chi connectivity index (χ1) is 8.51. The van der Waals surface area contributed by atoms with Gasteiger partial charge in [-0.2, -0.15) is 0 Å². The van der Waals surface area contributed by atoms with Crippen molar-refractivity contribution in [3.8, 4) is 0 Å². The number of rotatable bonds is 6. The highest BCUT2D eigenvalue weighted by atomic mass is 32.2. The van der Waals surface area contributed by atoms with Gasteiger partial charge < -0.3 is 10.4 Å². The van der Waals surface area contributed by atoms with Crippen LogP contribution in [0.2, 0.25) is 0 Å². The Kier molecular flexibility index (Phi) is 5.78. The summed E-state index contributed by atoms with van der Waals surface area (Å²) in [6, 6.07) is -0.110. The Balaban J connectivity index is 2.73. The van der Waals surface area contributed by atoms with E-state index in [2.05, 4.69) is 11.9 Å². The van der Waals surface area contributed by atoms with Crippen molar-refractivity contribution < 1.29 is 13.5 Å². The lowest BCUT2D eigenvalue weighted by atomic mass is 10.1. The quantitative estimate of drug-likeness (QED) is 0.712. The third-order valence-corrected chi connectivity index (χ3v) is 4.86. The molecule has 2 N–H and O–H groups in total. The minimum Gasteiger partial charge on any atom is -0.390 e. The van der Waals surface area contributed by atoms with Crippen molar-refractivity contribution in [2.75, 3.05) is 12.3 Å². The third-order valence-electron chi connectivity index (χ3n) is 2.99. The molecule has 1 aliphatic heterocycles. The Morgan fingerprint density at radius 1 is 1.61 bits per heavy atom. The van der Waals surface area contributed by atoms with Gasteiger partial charge in [-0.1, -0.05) is 24.8 Å². The molecular weight excluding hydrogens is 250 g/mol. The zero-order valence-electron chi connectivity index (χ0n) is 10.7. The smallest absolute Gasteiger partial charge is 0.180 e. The normalized spacial score (nSPS) is 23.4. The van der Waals surface area contributed by atoms with E-state index in [9.17, 15) is 13.5 Å². The lowest BCUT2D eigenvalue weighted by Crippen LogP contribution is -2.39. The molecule has 5 heteroatoms. The van der Waals surface area contributed by atoms with Crippen LogP contribution in [0.1, 0.15) is 19.8 Å². The second-order valence-electron chi connectivity index (χ2n) is 4.34. The molecule has 4 nitrogen and oxygen atoms in total. The Morgan fingerprint density at radius 2 is 2.33 bits per heavy atom. The van der Waals surface area contributed by atoms with Crippen LogP contribution in [0.25, 0.3) is 0 Å². The van der Waals surface area contributed by atoms with Gasteiger partial charge >= 0.3 is 0 Å². The molecule has 102 valence electrons. The molecule has 1 heterocycles. The average molecular weight is 271 g/mol. The minimum atomic E-state index is -3.44. The van der Waals surface area contributed by atoms with Gasteiger partial charge in [0.25, 0.3) is 0 Å². The van der Waals surface area contributed by atoms with Gasteiger partial charge in [-0.25, -0.2) is 8.42 Å². The molecular formula is C13H21NO3S. The lowest BCUT2D eigenvalue weighted by molar-refractivity contribution is 0.157. The second-order valence-corrected chi connectivity index (χ2v) is 6.37. The standard InChI is InChI=1S/C13H21NO3S/c1-3-5-7-11(4-2)18(16,17)10-13(15)12-8-6-9-14-12/h3-5,7,12-15H,1,6,8-10H2,2H3/b7-5-,11-4+/t12-,13+/m0/s1. The molecule has 1 fully saturated rings. The van der Waals surface area contributed by atoms with Crippen molar-refractivity contribution >= 4 is 9.84 Å². The van der Waals surface area contributed by atoms with Crippen LogP contribution in [0.15, 0.2) is 35.8 Å². The molecule has 0 unspecified atom stereocenters. The van der Waals surface area contributed by atoms with Gasteiger partial charge in [0, 0.05) is 6.04 Å². The van der Waals surface area contributed by atoms with Crippen molar-refractivity contribution in [3.63, 3.8) is 0 Å². The summed E-state index contributed by atoms with van der Waals surface area (Å²) in [7, 11) is -3.44. The molecule has 1 aliphatic rings. The van der Waals surface area contributed by atoms with E-state index < -0.39 is 15.9 Å². The highest BCUT2D eigenvalue weighted by Gasteiger charge is 2.28. The summed E-state index contributed by atoms with van der Waals surface area (Å²) in [5.74, 6) is -0.244. The van der Waals surface area contributed by atoms with E-state index in [4.69, 9.17) is 0 Å². The van der Waals surface area contributed by atoms with E-state index in [1.807, 2.05) is 0 Å². The second kappa shape index (κ2) is 6.87. The lowest BCUT2D eigenvalue weighted by Gasteiger charge is -2.18. The topological polar surface area (TPSA) is 66.4 Å².